The van der Waals surface area contributed by atoms with Crippen LogP contribution in [0.1, 0.15) is 58.8 Å². The van der Waals surface area contributed by atoms with E-state index in [0.717, 1.165) is 20.8 Å². The number of nitrogens with one attached hydrogen (secondary N) is 1. The normalized spacial score (nSPS) is 20.8. The molecule has 18 heteroatoms. The zero-order valence-corrected chi connectivity index (χ0v) is 28.9. The second kappa shape index (κ2) is 16.9. The van der Waals surface area contributed by atoms with Crippen molar-refractivity contribution < 1.29 is 61.7 Å². The number of hydrogen-bond donors (Lipinski definition) is 1. The van der Waals surface area contributed by atoms with E-state index < -0.39 is 75.4 Å². The van der Waals surface area contributed by atoms with Crippen LogP contribution in [0, 0.1) is 0 Å². The van der Waals surface area contributed by atoms with Crippen molar-refractivity contribution in [3.8, 4) is 11.5 Å². The molecule has 5 atom stereocenters. The van der Waals surface area contributed by atoms with Crippen LogP contribution < -0.4 is 14.5 Å². The van der Waals surface area contributed by atoms with Crippen LogP contribution in [-0.2, 0) is 47.7 Å². The minimum absolute atomic E-state index is 0.0409. The summed E-state index contributed by atoms with van der Waals surface area (Å²) in [6.45, 7) is 14.0. The van der Waals surface area contributed by atoms with Crippen molar-refractivity contribution >= 4 is 38.1 Å². The molecule has 0 aliphatic carbocycles. The Morgan fingerprint density at radius 1 is 0.915 bits per heavy atom. The van der Waals surface area contributed by atoms with Gasteiger partial charge < -0.3 is 43.0 Å². The Kier molecular flexibility index (Phi) is 13.9. The van der Waals surface area contributed by atoms with Crippen molar-refractivity contribution in [3.63, 3.8) is 0 Å². The van der Waals surface area contributed by atoms with Crippen molar-refractivity contribution in [1.82, 2.24) is 5.32 Å². The molecule has 47 heavy (non-hydrogen) atoms. The molecule has 1 aliphatic rings. The van der Waals surface area contributed by atoms with Crippen LogP contribution in [0.3, 0.4) is 0 Å². The molecule has 1 N–H and O–H groups in total. The molecule has 0 spiro atoms. The minimum atomic E-state index is -2.58. The number of carbonyl (C=O) groups excluding carboxylic acids is 5. The van der Waals surface area contributed by atoms with E-state index in [0.29, 0.717) is 0 Å². The van der Waals surface area contributed by atoms with Crippen molar-refractivity contribution in [2.45, 2.75) is 97.3 Å². The number of azide groups is 1. The molecule has 0 radical (unpaired) electrons. The molecule has 0 bridgehead atoms. The summed E-state index contributed by atoms with van der Waals surface area (Å²) in [6.07, 6.45) is -7.03. The summed E-state index contributed by atoms with van der Waals surface area (Å²) in [7, 11) is -2.58. The van der Waals surface area contributed by atoms with Gasteiger partial charge in [0.1, 0.15) is 30.3 Å². The summed E-state index contributed by atoms with van der Waals surface area (Å²) in [6, 6.07) is 4.36. The fourth-order valence-electron chi connectivity index (χ4n) is 4.04. The number of esters is 4. The summed E-state index contributed by atoms with van der Waals surface area (Å²) in [5, 5.41) is 5.31. The van der Waals surface area contributed by atoms with Gasteiger partial charge in [-0.05, 0) is 41.9 Å². The van der Waals surface area contributed by atoms with Gasteiger partial charge in [-0.25, -0.2) is 0 Å². The first-order valence-electron chi connectivity index (χ1n) is 14.6. The molecule has 1 aromatic carbocycles. The predicted octanol–water partition coefficient (Wildman–Crippen LogP) is 3.50. The molecule has 1 saturated heterocycles. The Hall–Kier alpha value is -4.54. The molecule has 0 saturated carbocycles. The van der Waals surface area contributed by atoms with Crippen LogP contribution in [0.15, 0.2) is 23.5 Å². The SMILES string of the molecule is CC(=O)OC[C@H]1O[C@@H](Oc2ccc(C(=O)NCCON=[N+]=[N-])cc2O[Si](C)(C)C(C)(C)C)[C@H](OC(C)=O)[C@@H](OC(C)=O)[C@H]1OC(C)=O. The first kappa shape index (κ1) is 38.6. The highest BCUT2D eigenvalue weighted by Crippen LogP contribution is 2.41. The molecule has 1 fully saturated rings. The summed E-state index contributed by atoms with van der Waals surface area (Å²) in [5.74, 6) is -3.29. The third kappa shape index (κ3) is 11.6. The lowest BCUT2D eigenvalue weighted by atomic mass is 9.98. The van der Waals surface area contributed by atoms with E-state index in [4.69, 9.17) is 38.4 Å². The number of rotatable bonds is 14. The number of carbonyl (C=O) groups is 5. The third-order valence-electron chi connectivity index (χ3n) is 7.14. The molecule has 1 heterocycles. The molecule has 260 valence electrons. The Labute approximate surface area is 273 Å². The van der Waals surface area contributed by atoms with Crippen LogP contribution in [0.4, 0.5) is 0 Å². The first-order valence-corrected chi connectivity index (χ1v) is 17.5. The predicted molar refractivity (Wildman–Crippen MR) is 164 cm³/mol. The lowest BCUT2D eigenvalue weighted by molar-refractivity contribution is -0.288. The van der Waals surface area contributed by atoms with Gasteiger partial charge in [0, 0.05) is 38.2 Å². The van der Waals surface area contributed by atoms with E-state index in [1.165, 1.54) is 25.1 Å². The van der Waals surface area contributed by atoms with Gasteiger partial charge in [0.15, 0.2) is 18.0 Å². The van der Waals surface area contributed by atoms with Gasteiger partial charge in [0.2, 0.25) is 12.4 Å². The lowest BCUT2D eigenvalue weighted by Gasteiger charge is -2.44. The Morgan fingerprint density at radius 2 is 1.51 bits per heavy atom. The van der Waals surface area contributed by atoms with E-state index >= 15 is 0 Å². The minimum Gasteiger partial charge on any atom is -0.541 e. The molecule has 0 unspecified atom stereocenters. The number of ether oxygens (including phenoxy) is 6. The van der Waals surface area contributed by atoms with Gasteiger partial charge in [-0.2, -0.15) is 0 Å². The smallest absolute Gasteiger partial charge is 0.303 e. The van der Waals surface area contributed by atoms with Crippen molar-refractivity contribution in [1.29, 1.82) is 0 Å². The van der Waals surface area contributed by atoms with Gasteiger partial charge in [-0.15, -0.1) is 0 Å². The zero-order chi connectivity index (χ0) is 35.5. The highest BCUT2D eigenvalue weighted by molar-refractivity contribution is 6.74. The van der Waals surface area contributed by atoms with Crippen LogP contribution in [0.25, 0.3) is 10.4 Å². The maximum absolute atomic E-state index is 12.9. The average Bonchev–Trinajstić information content (AvgIpc) is 2.94. The van der Waals surface area contributed by atoms with E-state index in [1.807, 2.05) is 33.9 Å². The van der Waals surface area contributed by atoms with Gasteiger partial charge in [-0.3, -0.25) is 24.0 Å². The number of amides is 1. The molecule has 17 nitrogen and oxygen atoms in total. The first-order chi connectivity index (χ1) is 21.9. The molecular formula is C29H42N4O13Si. The second-order valence-electron chi connectivity index (χ2n) is 12.0. The number of nitrogens with zero attached hydrogens (tertiary/aromatic N) is 3. The maximum atomic E-state index is 12.9. The van der Waals surface area contributed by atoms with E-state index in [-0.39, 0.29) is 35.3 Å². The fourth-order valence-corrected chi connectivity index (χ4v) is 5.06. The maximum Gasteiger partial charge on any atom is 0.303 e. The van der Waals surface area contributed by atoms with Crippen molar-refractivity contribution in [2.24, 2.45) is 5.28 Å². The molecule has 1 amide bonds. The topological polar surface area (TPSA) is 220 Å². The highest BCUT2D eigenvalue weighted by atomic mass is 28.4. The van der Waals surface area contributed by atoms with Gasteiger partial charge in [0.25, 0.3) is 14.2 Å². The van der Waals surface area contributed by atoms with Crippen molar-refractivity contribution in [3.05, 3.63) is 34.2 Å². The largest absolute Gasteiger partial charge is 0.541 e. The van der Waals surface area contributed by atoms with Gasteiger partial charge in [0.05, 0.1) is 6.54 Å². The fraction of sp³-hybridized carbons (Fsp3) is 0.621. The lowest BCUT2D eigenvalue weighted by Crippen LogP contribution is -2.63. The van der Waals surface area contributed by atoms with E-state index in [1.54, 1.807) is 0 Å². The summed E-state index contributed by atoms with van der Waals surface area (Å²) in [4.78, 5) is 68.2. The van der Waals surface area contributed by atoms with Crippen molar-refractivity contribution in [2.75, 3.05) is 19.8 Å². The summed E-state index contributed by atoms with van der Waals surface area (Å²) >= 11 is 0. The van der Waals surface area contributed by atoms with Crippen LogP contribution in [0.2, 0.25) is 18.1 Å². The number of benzene rings is 1. The van der Waals surface area contributed by atoms with E-state index in [2.05, 4.69) is 20.3 Å². The summed E-state index contributed by atoms with van der Waals surface area (Å²) < 4.78 is 40.4. The molecular weight excluding hydrogens is 640 g/mol. The molecule has 1 aliphatic heterocycles. The van der Waals surface area contributed by atoms with Crippen LogP contribution >= 0.6 is 0 Å². The summed E-state index contributed by atoms with van der Waals surface area (Å²) in [5.41, 5.74) is 8.52. The van der Waals surface area contributed by atoms with Crippen LogP contribution in [-0.4, -0.2) is 88.6 Å². The Bertz CT molecular complexity index is 1360. The Balaban J connectivity index is 2.61. The molecule has 0 aromatic heterocycles. The van der Waals surface area contributed by atoms with Crippen LogP contribution in [0.5, 0.6) is 11.5 Å². The zero-order valence-electron chi connectivity index (χ0n) is 27.9. The second-order valence-corrected chi connectivity index (χ2v) is 16.7. The molecule has 1 aromatic rings. The number of hydrogen-bond acceptors (Lipinski definition) is 14. The van der Waals surface area contributed by atoms with Gasteiger partial charge in [-0.1, -0.05) is 20.8 Å². The quantitative estimate of drug-likeness (QED) is 0.0434. The Morgan fingerprint density at radius 3 is 2.06 bits per heavy atom. The molecule has 2 rings (SSSR count). The van der Waals surface area contributed by atoms with Gasteiger partial charge >= 0.3 is 23.9 Å². The monoisotopic (exact) mass is 682 g/mol. The van der Waals surface area contributed by atoms with E-state index in [9.17, 15) is 24.0 Å². The highest BCUT2D eigenvalue weighted by Gasteiger charge is 2.53. The third-order valence-corrected chi connectivity index (χ3v) is 11.5. The standard InChI is InChI=1S/C29H42N4O13Si/c1-16(34)39-15-23-24(41-17(2)35)25(42-18(3)36)26(43-19(4)37)28(45-23)44-21-11-10-20(27(38)31-12-13-40-33-32-30)14-22(21)46-47(8,9)29(5,6)7/h10-11,14,23-26,28H,12-13,15H2,1-9H3,(H,31,38)/t23-,24+,25+,26-,28-/m1/s1. The average molecular weight is 683 g/mol.